The highest BCUT2D eigenvalue weighted by Crippen LogP contribution is 2.37. The molecule has 6 heteroatoms. The number of nitrogens with one attached hydrogen (secondary N) is 1. The highest BCUT2D eigenvalue weighted by Gasteiger charge is 2.42. The lowest BCUT2D eigenvalue weighted by Gasteiger charge is -2.31. The summed E-state index contributed by atoms with van der Waals surface area (Å²) in [5.74, 6) is -0.469. The van der Waals surface area contributed by atoms with E-state index in [1.165, 1.54) is 11.1 Å². The van der Waals surface area contributed by atoms with Gasteiger partial charge in [-0.3, -0.25) is 14.7 Å². The average Bonchev–Trinajstić information content (AvgIpc) is 2.95. The van der Waals surface area contributed by atoms with Gasteiger partial charge in [0.2, 0.25) is 0 Å². The molecule has 1 N–H and O–H groups in total. The first-order valence-corrected chi connectivity index (χ1v) is 8.21. The monoisotopic (exact) mass is 316 g/mol. The number of fused-ring (bicyclic) bond motifs is 1. The van der Waals surface area contributed by atoms with Crippen LogP contribution in [-0.4, -0.2) is 28.3 Å². The molecule has 2 fully saturated rings. The van der Waals surface area contributed by atoms with Crippen LogP contribution in [0.5, 0.6) is 0 Å². The third kappa shape index (κ3) is 2.62. The predicted octanol–water partition coefficient (Wildman–Crippen LogP) is 1.77. The maximum absolute atomic E-state index is 12.5. The Hall–Kier alpha value is -1.92. The van der Waals surface area contributed by atoms with Crippen molar-refractivity contribution in [3.05, 3.63) is 45.0 Å². The molecule has 0 amide bonds. The standard InChI is InChI=1S/C17H20N2O4/c20-15-13-6-2-3-7-14(13)16(21)19(18-15)10-12-11-22-17(23-12)8-4-1-5-9-17/h2-3,6-7,12H,1,4-5,8-11H2,(H,18,20)/t12-/m0/s1. The number of aromatic amines is 1. The Morgan fingerprint density at radius 3 is 2.65 bits per heavy atom. The van der Waals surface area contributed by atoms with Gasteiger partial charge < -0.3 is 9.47 Å². The summed E-state index contributed by atoms with van der Waals surface area (Å²) in [6.07, 6.45) is 5.05. The van der Waals surface area contributed by atoms with Crippen LogP contribution >= 0.6 is 0 Å². The summed E-state index contributed by atoms with van der Waals surface area (Å²) in [6.45, 7) is 0.766. The fourth-order valence-electron chi connectivity index (χ4n) is 3.64. The summed E-state index contributed by atoms with van der Waals surface area (Å²) in [4.78, 5) is 24.7. The molecule has 1 saturated carbocycles. The van der Waals surface area contributed by atoms with Crippen molar-refractivity contribution in [3.63, 3.8) is 0 Å². The Bertz CT molecular complexity index is 832. The zero-order valence-corrected chi connectivity index (χ0v) is 12.9. The first kappa shape index (κ1) is 14.7. The van der Waals surface area contributed by atoms with E-state index in [9.17, 15) is 9.59 Å². The summed E-state index contributed by atoms with van der Waals surface area (Å²) >= 11 is 0. The number of hydrogen-bond acceptors (Lipinski definition) is 4. The van der Waals surface area contributed by atoms with E-state index in [0.717, 1.165) is 25.7 Å². The Morgan fingerprint density at radius 1 is 1.13 bits per heavy atom. The number of ether oxygens (including phenoxy) is 2. The molecule has 1 aromatic heterocycles. The Morgan fingerprint density at radius 2 is 1.87 bits per heavy atom. The molecule has 0 radical (unpaired) electrons. The number of aromatic nitrogens is 2. The second kappa shape index (κ2) is 5.62. The van der Waals surface area contributed by atoms with Gasteiger partial charge >= 0.3 is 0 Å². The van der Waals surface area contributed by atoms with Crippen molar-refractivity contribution in [1.82, 2.24) is 9.78 Å². The fraction of sp³-hybridized carbons (Fsp3) is 0.529. The molecule has 1 aliphatic carbocycles. The van der Waals surface area contributed by atoms with E-state index in [1.54, 1.807) is 24.3 Å². The minimum absolute atomic E-state index is 0.201. The molecule has 6 nitrogen and oxygen atoms in total. The summed E-state index contributed by atoms with van der Waals surface area (Å²) < 4.78 is 13.3. The normalized spacial score (nSPS) is 23.6. The Kier molecular flexibility index (Phi) is 3.58. The zero-order chi connectivity index (χ0) is 15.9. The smallest absolute Gasteiger partial charge is 0.273 e. The third-order valence-electron chi connectivity index (χ3n) is 4.80. The van der Waals surface area contributed by atoms with E-state index in [0.29, 0.717) is 23.9 Å². The molecule has 1 saturated heterocycles. The van der Waals surface area contributed by atoms with Crippen LogP contribution in [0.25, 0.3) is 10.8 Å². The lowest BCUT2D eigenvalue weighted by molar-refractivity contribution is -0.188. The van der Waals surface area contributed by atoms with Gasteiger partial charge in [0, 0.05) is 12.8 Å². The van der Waals surface area contributed by atoms with E-state index in [4.69, 9.17) is 9.47 Å². The number of hydrogen-bond donors (Lipinski definition) is 1. The van der Waals surface area contributed by atoms with Gasteiger partial charge in [-0.25, -0.2) is 4.68 Å². The largest absolute Gasteiger partial charge is 0.347 e. The van der Waals surface area contributed by atoms with Crippen molar-refractivity contribution in [3.8, 4) is 0 Å². The summed E-state index contributed by atoms with van der Waals surface area (Å²) in [6, 6.07) is 6.85. The van der Waals surface area contributed by atoms with E-state index in [-0.39, 0.29) is 17.2 Å². The van der Waals surface area contributed by atoms with E-state index in [2.05, 4.69) is 5.10 Å². The number of nitrogens with zero attached hydrogens (tertiary/aromatic N) is 1. The Balaban J connectivity index is 1.60. The summed E-state index contributed by atoms with van der Waals surface area (Å²) in [7, 11) is 0. The van der Waals surface area contributed by atoms with E-state index < -0.39 is 5.79 Å². The quantitative estimate of drug-likeness (QED) is 0.916. The van der Waals surface area contributed by atoms with Crippen molar-refractivity contribution in [2.75, 3.05) is 6.61 Å². The van der Waals surface area contributed by atoms with Crippen LogP contribution in [0.15, 0.2) is 33.9 Å². The van der Waals surface area contributed by atoms with Crippen molar-refractivity contribution in [2.45, 2.75) is 50.5 Å². The van der Waals surface area contributed by atoms with Crippen LogP contribution in [0.1, 0.15) is 32.1 Å². The molecule has 1 atom stereocenters. The molecule has 2 aliphatic rings. The third-order valence-corrected chi connectivity index (χ3v) is 4.80. The molecular formula is C17H20N2O4. The van der Waals surface area contributed by atoms with Gasteiger partial charge in [0.1, 0.15) is 6.10 Å². The molecule has 2 heterocycles. The lowest BCUT2D eigenvalue weighted by Crippen LogP contribution is -2.37. The molecule has 1 aliphatic heterocycles. The highest BCUT2D eigenvalue weighted by atomic mass is 16.7. The van der Waals surface area contributed by atoms with Crippen molar-refractivity contribution in [1.29, 1.82) is 0 Å². The minimum Gasteiger partial charge on any atom is -0.347 e. The van der Waals surface area contributed by atoms with Crippen molar-refractivity contribution < 1.29 is 9.47 Å². The fourth-order valence-corrected chi connectivity index (χ4v) is 3.64. The molecule has 0 bridgehead atoms. The lowest BCUT2D eigenvalue weighted by atomic mass is 9.94. The van der Waals surface area contributed by atoms with Crippen LogP contribution in [0.3, 0.4) is 0 Å². The first-order valence-electron chi connectivity index (χ1n) is 8.21. The van der Waals surface area contributed by atoms with Crippen molar-refractivity contribution >= 4 is 10.8 Å². The van der Waals surface area contributed by atoms with Crippen LogP contribution in [0, 0.1) is 0 Å². The van der Waals surface area contributed by atoms with Crippen LogP contribution in [-0.2, 0) is 16.0 Å². The zero-order valence-electron chi connectivity index (χ0n) is 12.9. The van der Waals surface area contributed by atoms with Gasteiger partial charge in [0.25, 0.3) is 11.1 Å². The second-order valence-electron chi connectivity index (χ2n) is 6.42. The van der Waals surface area contributed by atoms with E-state index in [1.807, 2.05) is 0 Å². The van der Waals surface area contributed by atoms with Crippen LogP contribution in [0.4, 0.5) is 0 Å². The van der Waals surface area contributed by atoms with Gasteiger partial charge in [-0.05, 0) is 25.0 Å². The molecule has 1 spiro atoms. The molecule has 23 heavy (non-hydrogen) atoms. The molecule has 1 aromatic carbocycles. The summed E-state index contributed by atoms with van der Waals surface area (Å²) in [5, 5.41) is 3.50. The first-order chi connectivity index (χ1) is 11.2. The topological polar surface area (TPSA) is 73.3 Å². The molecule has 4 rings (SSSR count). The number of benzene rings is 1. The second-order valence-corrected chi connectivity index (χ2v) is 6.42. The minimum atomic E-state index is -0.469. The molecule has 122 valence electrons. The molecular weight excluding hydrogens is 296 g/mol. The maximum atomic E-state index is 12.5. The SMILES string of the molecule is O=c1[nH]n(C[C@H]2COC3(CCCCC3)O2)c(=O)c2ccccc12. The van der Waals surface area contributed by atoms with Crippen LogP contribution < -0.4 is 11.1 Å². The number of H-pyrrole nitrogens is 1. The van der Waals surface area contributed by atoms with Gasteiger partial charge in [0.15, 0.2) is 5.79 Å². The van der Waals surface area contributed by atoms with Gasteiger partial charge in [-0.1, -0.05) is 18.6 Å². The molecule has 0 unspecified atom stereocenters. The highest BCUT2D eigenvalue weighted by molar-refractivity contribution is 5.80. The van der Waals surface area contributed by atoms with Gasteiger partial charge in [0.05, 0.1) is 23.9 Å². The van der Waals surface area contributed by atoms with Gasteiger partial charge in [-0.2, -0.15) is 0 Å². The predicted molar refractivity (Wildman–Crippen MR) is 85.5 cm³/mol. The van der Waals surface area contributed by atoms with Crippen molar-refractivity contribution in [2.24, 2.45) is 0 Å². The molecule has 2 aromatic rings. The maximum Gasteiger partial charge on any atom is 0.273 e. The number of rotatable bonds is 2. The van der Waals surface area contributed by atoms with Crippen LogP contribution in [0.2, 0.25) is 0 Å². The Labute approximate surface area is 133 Å². The average molecular weight is 316 g/mol. The van der Waals surface area contributed by atoms with E-state index >= 15 is 0 Å². The van der Waals surface area contributed by atoms with Gasteiger partial charge in [-0.15, -0.1) is 0 Å². The summed E-state index contributed by atoms with van der Waals surface area (Å²) in [5.41, 5.74) is -0.458.